The average molecular weight is 283 g/mol. The van der Waals surface area contributed by atoms with Crippen LogP contribution in [0, 0.1) is 0 Å². The Morgan fingerprint density at radius 2 is 2.37 bits per heavy atom. The van der Waals surface area contributed by atoms with Crippen LogP contribution in [0.2, 0.25) is 5.02 Å². The molecule has 1 aliphatic rings. The Kier molecular flexibility index (Phi) is 5.19. The maximum absolute atomic E-state index is 11.6. The van der Waals surface area contributed by atoms with Gasteiger partial charge in [0.15, 0.2) is 0 Å². The molecular formula is C14H19ClN2O2. The Hall–Kier alpha value is -1.10. The Balaban J connectivity index is 1.81. The number of ether oxygens (including phenoxy) is 1. The summed E-state index contributed by atoms with van der Waals surface area (Å²) in [4.78, 5) is 11.6. The van der Waals surface area contributed by atoms with Crippen molar-refractivity contribution < 1.29 is 9.53 Å². The number of carbonyl (C=O) groups excluding carboxylic acids is 1. The molecule has 5 heteroatoms. The summed E-state index contributed by atoms with van der Waals surface area (Å²) in [6.45, 7) is 1.42. The van der Waals surface area contributed by atoms with Crippen LogP contribution in [0.4, 0.5) is 0 Å². The van der Waals surface area contributed by atoms with Gasteiger partial charge in [-0.05, 0) is 36.1 Å². The molecule has 1 atom stereocenters. The van der Waals surface area contributed by atoms with Crippen molar-refractivity contribution in [2.75, 3.05) is 26.8 Å². The second-order valence-corrected chi connectivity index (χ2v) is 5.09. The Morgan fingerprint density at radius 3 is 3.16 bits per heavy atom. The van der Waals surface area contributed by atoms with Gasteiger partial charge in [0, 0.05) is 24.7 Å². The average Bonchev–Trinajstić information content (AvgIpc) is 2.79. The van der Waals surface area contributed by atoms with Crippen molar-refractivity contribution in [3.63, 3.8) is 0 Å². The zero-order valence-electron chi connectivity index (χ0n) is 11.0. The molecule has 1 aromatic carbocycles. The fourth-order valence-electron chi connectivity index (χ4n) is 2.37. The standard InChI is InChI=1S/C14H19ClN2O2/c1-19-7-6-16-14(18)9-17-13-5-2-10-8-11(15)3-4-12(10)13/h3-4,8,13,17H,2,5-7,9H2,1H3,(H,16,18). The monoisotopic (exact) mass is 282 g/mol. The number of fused-ring (bicyclic) bond motifs is 1. The van der Waals surface area contributed by atoms with Gasteiger partial charge in [-0.2, -0.15) is 0 Å². The number of carbonyl (C=O) groups is 1. The van der Waals surface area contributed by atoms with Gasteiger partial charge in [-0.3, -0.25) is 4.79 Å². The summed E-state index contributed by atoms with van der Waals surface area (Å²) < 4.78 is 4.88. The minimum atomic E-state index is -0.000497. The van der Waals surface area contributed by atoms with Crippen molar-refractivity contribution in [2.24, 2.45) is 0 Å². The lowest BCUT2D eigenvalue weighted by molar-refractivity contribution is -0.120. The van der Waals surface area contributed by atoms with Crippen LogP contribution in [0.25, 0.3) is 0 Å². The molecule has 104 valence electrons. The number of halogens is 1. The molecule has 0 saturated carbocycles. The molecule has 0 saturated heterocycles. The molecule has 2 N–H and O–H groups in total. The van der Waals surface area contributed by atoms with E-state index in [0.29, 0.717) is 19.7 Å². The molecule has 0 spiro atoms. The zero-order chi connectivity index (χ0) is 13.7. The fraction of sp³-hybridized carbons (Fsp3) is 0.500. The van der Waals surface area contributed by atoms with E-state index in [0.717, 1.165) is 17.9 Å². The van der Waals surface area contributed by atoms with Gasteiger partial charge in [-0.15, -0.1) is 0 Å². The van der Waals surface area contributed by atoms with Crippen LogP contribution < -0.4 is 10.6 Å². The van der Waals surface area contributed by atoms with E-state index < -0.39 is 0 Å². The van der Waals surface area contributed by atoms with Gasteiger partial charge in [0.2, 0.25) is 5.91 Å². The summed E-state index contributed by atoms with van der Waals surface area (Å²) >= 11 is 5.97. The highest BCUT2D eigenvalue weighted by Crippen LogP contribution is 2.32. The third kappa shape index (κ3) is 3.93. The van der Waals surface area contributed by atoms with Crippen molar-refractivity contribution in [1.82, 2.24) is 10.6 Å². The van der Waals surface area contributed by atoms with Gasteiger partial charge in [-0.25, -0.2) is 0 Å². The van der Waals surface area contributed by atoms with Crippen molar-refractivity contribution in [2.45, 2.75) is 18.9 Å². The largest absolute Gasteiger partial charge is 0.383 e. The van der Waals surface area contributed by atoms with Crippen LogP contribution in [-0.4, -0.2) is 32.7 Å². The first-order chi connectivity index (χ1) is 9.20. The van der Waals surface area contributed by atoms with Crippen LogP contribution in [-0.2, 0) is 16.0 Å². The molecule has 1 unspecified atom stereocenters. The summed E-state index contributed by atoms with van der Waals surface area (Å²) in [7, 11) is 1.62. The van der Waals surface area contributed by atoms with Gasteiger partial charge in [0.05, 0.1) is 13.2 Å². The van der Waals surface area contributed by atoms with E-state index in [9.17, 15) is 4.79 Å². The number of methoxy groups -OCH3 is 1. The van der Waals surface area contributed by atoms with E-state index in [1.165, 1.54) is 11.1 Å². The van der Waals surface area contributed by atoms with Gasteiger partial charge < -0.3 is 15.4 Å². The Morgan fingerprint density at radius 1 is 1.53 bits per heavy atom. The summed E-state index contributed by atoms with van der Waals surface area (Å²) in [5.41, 5.74) is 2.54. The van der Waals surface area contributed by atoms with E-state index in [2.05, 4.69) is 10.6 Å². The van der Waals surface area contributed by atoms with Crippen LogP contribution in [0.15, 0.2) is 18.2 Å². The first-order valence-electron chi connectivity index (χ1n) is 6.48. The number of nitrogens with one attached hydrogen (secondary N) is 2. The quantitative estimate of drug-likeness (QED) is 0.781. The molecule has 1 aromatic rings. The number of amides is 1. The number of hydrogen-bond donors (Lipinski definition) is 2. The zero-order valence-corrected chi connectivity index (χ0v) is 11.8. The molecule has 0 radical (unpaired) electrons. The Bertz CT molecular complexity index is 451. The first kappa shape index (κ1) is 14.3. The van der Waals surface area contributed by atoms with Gasteiger partial charge in [0.25, 0.3) is 0 Å². The summed E-state index contributed by atoms with van der Waals surface area (Å²) in [6, 6.07) is 6.21. The van der Waals surface area contributed by atoms with Gasteiger partial charge in [-0.1, -0.05) is 17.7 Å². The molecule has 0 aliphatic heterocycles. The van der Waals surface area contributed by atoms with Crippen molar-refractivity contribution in [3.05, 3.63) is 34.3 Å². The highest BCUT2D eigenvalue weighted by molar-refractivity contribution is 6.30. The minimum Gasteiger partial charge on any atom is -0.383 e. The number of hydrogen-bond acceptors (Lipinski definition) is 3. The summed E-state index contributed by atoms with van der Waals surface area (Å²) in [6.07, 6.45) is 2.03. The maximum Gasteiger partial charge on any atom is 0.234 e. The second-order valence-electron chi connectivity index (χ2n) is 4.66. The normalized spacial score (nSPS) is 17.3. The molecule has 2 rings (SSSR count). The number of rotatable bonds is 6. The SMILES string of the molecule is COCCNC(=O)CNC1CCc2cc(Cl)ccc21. The van der Waals surface area contributed by atoms with Gasteiger partial charge in [0.1, 0.15) is 0 Å². The summed E-state index contributed by atoms with van der Waals surface area (Å²) in [5, 5.41) is 6.86. The minimum absolute atomic E-state index is 0.000497. The third-order valence-electron chi connectivity index (χ3n) is 3.32. The van der Waals surface area contributed by atoms with Crippen molar-refractivity contribution in [1.29, 1.82) is 0 Å². The van der Waals surface area contributed by atoms with E-state index in [1.807, 2.05) is 18.2 Å². The molecule has 1 amide bonds. The van der Waals surface area contributed by atoms with E-state index in [1.54, 1.807) is 7.11 Å². The fourth-order valence-corrected chi connectivity index (χ4v) is 2.56. The van der Waals surface area contributed by atoms with Gasteiger partial charge >= 0.3 is 0 Å². The first-order valence-corrected chi connectivity index (χ1v) is 6.86. The molecule has 0 aromatic heterocycles. The van der Waals surface area contributed by atoms with Crippen LogP contribution in [0.1, 0.15) is 23.6 Å². The molecule has 0 bridgehead atoms. The molecule has 0 fully saturated rings. The topological polar surface area (TPSA) is 50.4 Å². The van der Waals surface area contributed by atoms with E-state index >= 15 is 0 Å². The predicted molar refractivity (Wildman–Crippen MR) is 75.4 cm³/mol. The highest BCUT2D eigenvalue weighted by atomic mass is 35.5. The smallest absolute Gasteiger partial charge is 0.234 e. The number of benzene rings is 1. The van der Waals surface area contributed by atoms with Crippen LogP contribution >= 0.6 is 11.6 Å². The predicted octanol–water partition coefficient (Wildman–Crippen LogP) is 1.68. The lowest BCUT2D eigenvalue weighted by Crippen LogP contribution is -2.36. The van der Waals surface area contributed by atoms with Crippen LogP contribution in [0.5, 0.6) is 0 Å². The second kappa shape index (κ2) is 6.89. The lowest BCUT2D eigenvalue weighted by atomic mass is 10.1. The van der Waals surface area contributed by atoms with E-state index in [4.69, 9.17) is 16.3 Å². The maximum atomic E-state index is 11.6. The van der Waals surface area contributed by atoms with Crippen molar-refractivity contribution in [3.8, 4) is 0 Å². The van der Waals surface area contributed by atoms with Crippen molar-refractivity contribution >= 4 is 17.5 Å². The van der Waals surface area contributed by atoms with E-state index in [-0.39, 0.29) is 11.9 Å². The molecular weight excluding hydrogens is 264 g/mol. The lowest BCUT2D eigenvalue weighted by Gasteiger charge is -2.14. The number of aryl methyl sites for hydroxylation is 1. The summed E-state index contributed by atoms with van der Waals surface area (Å²) in [5.74, 6) is -0.000497. The third-order valence-corrected chi connectivity index (χ3v) is 3.56. The molecule has 0 heterocycles. The molecule has 4 nitrogen and oxygen atoms in total. The molecule has 1 aliphatic carbocycles. The van der Waals surface area contributed by atoms with Crippen LogP contribution in [0.3, 0.4) is 0 Å². The highest BCUT2D eigenvalue weighted by Gasteiger charge is 2.22. The Labute approximate surface area is 118 Å². The molecule has 19 heavy (non-hydrogen) atoms.